The van der Waals surface area contributed by atoms with Crippen LogP contribution in [0.5, 0.6) is 0 Å². The Balaban J connectivity index is 1.77. The first-order valence-corrected chi connectivity index (χ1v) is 9.19. The fourth-order valence-corrected chi connectivity index (χ4v) is 3.79. The van der Waals surface area contributed by atoms with Crippen molar-refractivity contribution in [3.63, 3.8) is 0 Å². The normalized spacial score (nSPS) is 15.3. The van der Waals surface area contributed by atoms with E-state index in [0.29, 0.717) is 37.1 Å². The number of thioether (sulfide) groups is 1. The number of carbonyl (C=O) groups excluding carboxylic acids is 2. The van der Waals surface area contributed by atoms with E-state index in [4.69, 9.17) is 16.6 Å². The molecule has 1 aliphatic rings. The van der Waals surface area contributed by atoms with Crippen molar-refractivity contribution in [2.24, 2.45) is 0 Å². The van der Waals surface area contributed by atoms with Crippen molar-refractivity contribution in [1.82, 2.24) is 10.3 Å². The van der Waals surface area contributed by atoms with E-state index >= 15 is 0 Å². The zero-order valence-corrected chi connectivity index (χ0v) is 15.9. The van der Waals surface area contributed by atoms with Crippen LogP contribution in [-0.2, 0) is 9.53 Å². The van der Waals surface area contributed by atoms with Gasteiger partial charge < -0.3 is 14.5 Å². The van der Waals surface area contributed by atoms with Crippen LogP contribution in [0.2, 0.25) is 0 Å². The Hall–Kier alpha value is -3.04. The van der Waals surface area contributed by atoms with Gasteiger partial charge in [-0.25, -0.2) is 9.18 Å². The van der Waals surface area contributed by atoms with Crippen molar-refractivity contribution >= 4 is 57.2 Å². The summed E-state index contributed by atoms with van der Waals surface area (Å²) in [4.78, 5) is 28.0. The van der Waals surface area contributed by atoms with Gasteiger partial charge in [0.15, 0.2) is 0 Å². The topological polar surface area (TPSA) is 81.4 Å². The first-order chi connectivity index (χ1) is 13.5. The van der Waals surface area contributed by atoms with Gasteiger partial charge in [0, 0.05) is 29.4 Å². The highest BCUT2D eigenvalue weighted by Crippen LogP contribution is 2.33. The summed E-state index contributed by atoms with van der Waals surface area (Å²) in [5.41, 5.74) is 1.37. The molecule has 0 bridgehead atoms. The third kappa shape index (κ3) is 3.30. The Bertz CT molecular complexity index is 1190. The second-order valence-electron chi connectivity index (χ2n) is 5.79. The van der Waals surface area contributed by atoms with Gasteiger partial charge in [0.1, 0.15) is 21.5 Å². The van der Waals surface area contributed by atoms with Gasteiger partial charge in [-0.05, 0) is 23.8 Å². The lowest BCUT2D eigenvalue weighted by atomic mass is 10.0. The molecule has 140 valence electrons. The minimum Gasteiger partial charge on any atom is -0.465 e. The average molecular weight is 414 g/mol. The molecular formula is C19H11FN2O4S2. The molecule has 6 nitrogen and oxygen atoms in total. The van der Waals surface area contributed by atoms with Gasteiger partial charge in [-0.1, -0.05) is 30.0 Å². The highest BCUT2D eigenvalue weighted by atomic mass is 32.2. The number of nitrogens with zero attached hydrogens (tertiary/aromatic N) is 1. The summed E-state index contributed by atoms with van der Waals surface area (Å²) in [6.45, 7) is 0. The number of benzene rings is 1. The number of aromatic nitrogens is 1. The summed E-state index contributed by atoms with van der Waals surface area (Å²) in [6.07, 6.45) is 4.74. The number of fused-ring (bicyclic) bond motifs is 1. The smallest absolute Gasteiger partial charge is 0.340 e. The molecule has 1 aliphatic heterocycles. The molecule has 4 rings (SSSR count). The Morgan fingerprint density at radius 3 is 2.86 bits per heavy atom. The van der Waals surface area contributed by atoms with Gasteiger partial charge in [0.2, 0.25) is 0 Å². The molecular weight excluding hydrogens is 403 g/mol. The van der Waals surface area contributed by atoms with E-state index in [-0.39, 0.29) is 11.5 Å². The number of furan rings is 1. The fraction of sp³-hybridized carbons (Fsp3) is 0.0526. The Labute approximate surface area is 167 Å². The van der Waals surface area contributed by atoms with Crippen molar-refractivity contribution in [2.45, 2.75) is 0 Å². The van der Waals surface area contributed by atoms with Crippen LogP contribution in [-0.4, -0.2) is 28.3 Å². The van der Waals surface area contributed by atoms with Crippen LogP contribution >= 0.6 is 24.0 Å². The molecule has 2 aromatic heterocycles. The molecule has 1 amide bonds. The first kappa shape index (κ1) is 18.3. The van der Waals surface area contributed by atoms with Crippen molar-refractivity contribution in [3.8, 4) is 11.1 Å². The maximum Gasteiger partial charge on any atom is 0.340 e. The number of thiocarbonyl (C=S) groups is 1. The Morgan fingerprint density at radius 1 is 1.36 bits per heavy atom. The highest BCUT2D eigenvalue weighted by molar-refractivity contribution is 8.26. The van der Waals surface area contributed by atoms with Crippen LogP contribution in [0.1, 0.15) is 16.1 Å². The number of pyridine rings is 1. The van der Waals surface area contributed by atoms with Crippen LogP contribution in [0.15, 0.2) is 46.0 Å². The summed E-state index contributed by atoms with van der Waals surface area (Å²) in [5, 5.41) is 3.23. The van der Waals surface area contributed by atoms with Gasteiger partial charge in [-0.2, -0.15) is 0 Å². The van der Waals surface area contributed by atoms with Crippen LogP contribution < -0.4 is 5.32 Å². The number of carbonyl (C=O) groups is 2. The molecule has 28 heavy (non-hydrogen) atoms. The van der Waals surface area contributed by atoms with Gasteiger partial charge in [-0.15, -0.1) is 0 Å². The predicted octanol–water partition coefficient (Wildman–Crippen LogP) is 3.91. The molecule has 0 aliphatic carbocycles. The second kappa shape index (κ2) is 7.17. The average Bonchev–Trinajstić information content (AvgIpc) is 3.22. The molecule has 0 radical (unpaired) electrons. The first-order valence-electron chi connectivity index (χ1n) is 7.97. The van der Waals surface area contributed by atoms with Gasteiger partial charge in [0.25, 0.3) is 5.91 Å². The highest BCUT2D eigenvalue weighted by Gasteiger charge is 2.23. The number of ether oxygens (including phenoxy) is 1. The van der Waals surface area contributed by atoms with E-state index in [1.807, 2.05) is 0 Å². The monoisotopic (exact) mass is 414 g/mol. The number of esters is 1. The summed E-state index contributed by atoms with van der Waals surface area (Å²) in [7, 11) is 1.19. The number of hydrogen-bond donors (Lipinski definition) is 1. The zero-order chi connectivity index (χ0) is 19.8. The van der Waals surface area contributed by atoms with E-state index in [9.17, 15) is 14.0 Å². The largest absolute Gasteiger partial charge is 0.465 e. The number of halogens is 1. The van der Waals surface area contributed by atoms with Gasteiger partial charge >= 0.3 is 5.97 Å². The van der Waals surface area contributed by atoms with Crippen molar-refractivity contribution in [1.29, 1.82) is 0 Å². The lowest BCUT2D eigenvalue weighted by molar-refractivity contribution is -0.115. The van der Waals surface area contributed by atoms with Crippen LogP contribution in [0.4, 0.5) is 4.39 Å². The van der Waals surface area contributed by atoms with Crippen LogP contribution in [0.25, 0.3) is 28.2 Å². The molecule has 3 heterocycles. The molecule has 1 fully saturated rings. The zero-order valence-electron chi connectivity index (χ0n) is 14.3. The van der Waals surface area contributed by atoms with E-state index < -0.39 is 11.8 Å². The van der Waals surface area contributed by atoms with Crippen molar-refractivity contribution in [3.05, 3.63) is 58.7 Å². The molecule has 0 saturated carbocycles. The third-order valence-corrected chi connectivity index (χ3v) is 5.21. The van der Waals surface area contributed by atoms with E-state index in [2.05, 4.69) is 15.0 Å². The van der Waals surface area contributed by atoms with Crippen molar-refractivity contribution < 1.29 is 23.1 Å². The molecule has 3 aromatic rings. The molecule has 1 saturated heterocycles. The molecule has 0 atom stereocenters. The minimum absolute atomic E-state index is 0.156. The Morgan fingerprint density at radius 2 is 2.18 bits per heavy atom. The lowest BCUT2D eigenvalue weighted by Crippen LogP contribution is -2.17. The third-order valence-electron chi connectivity index (χ3n) is 4.04. The standard InChI is InChI=1S/C19H11FN2O4S2/c1-25-18(24)12-3-2-9(5-14(12)20)13-8-21-7-10-4-11(26-16(10)13)6-15-17(23)22-19(27)28-15/h2-8H,1H3,(H,22,23,27)/b15-6-. The van der Waals surface area contributed by atoms with Crippen molar-refractivity contribution in [2.75, 3.05) is 7.11 Å². The van der Waals surface area contributed by atoms with Gasteiger partial charge in [0.05, 0.1) is 17.6 Å². The van der Waals surface area contributed by atoms with Crippen LogP contribution in [0.3, 0.4) is 0 Å². The predicted molar refractivity (Wildman–Crippen MR) is 107 cm³/mol. The van der Waals surface area contributed by atoms with E-state index in [0.717, 1.165) is 11.8 Å². The summed E-state index contributed by atoms with van der Waals surface area (Å²) in [6, 6.07) is 5.89. The SMILES string of the molecule is COC(=O)c1ccc(-c2cncc3cc(/C=C4\SC(=S)NC4=O)oc23)cc1F. The summed E-state index contributed by atoms with van der Waals surface area (Å²) >= 11 is 6.12. The maximum atomic E-state index is 14.3. The summed E-state index contributed by atoms with van der Waals surface area (Å²) < 4.78 is 25.1. The lowest BCUT2D eigenvalue weighted by Gasteiger charge is -2.05. The number of hydrogen-bond acceptors (Lipinski definition) is 7. The Kier molecular flexibility index (Phi) is 4.70. The molecule has 9 heteroatoms. The minimum atomic E-state index is -0.752. The number of nitrogens with one attached hydrogen (secondary N) is 1. The van der Waals surface area contributed by atoms with E-state index in [1.54, 1.807) is 30.6 Å². The maximum absolute atomic E-state index is 14.3. The molecule has 1 N–H and O–H groups in total. The fourth-order valence-electron chi connectivity index (χ4n) is 2.77. The second-order valence-corrected chi connectivity index (χ2v) is 7.51. The molecule has 1 aromatic carbocycles. The van der Waals surface area contributed by atoms with Crippen LogP contribution in [0, 0.1) is 5.82 Å². The molecule has 0 unspecified atom stereocenters. The number of amides is 1. The quantitative estimate of drug-likeness (QED) is 0.395. The van der Waals surface area contributed by atoms with E-state index in [1.165, 1.54) is 19.2 Å². The molecule has 0 spiro atoms. The summed E-state index contributed by atoms with van der Waals surface area (Å²) in [5.74, 6) is -1.30. The number of methoxy groups -OCH3 is 1. The number of rotatable bonds is 3. The van der Waals surface area contributed by atoms with Gasteiger partial charge in [-0.3, -0.25) is 9.78 Å².